The number of rotatable bonds is 1. The van der Waals surface area contributed by atoms with Gasteiger partial charge in [-0.2, -0.15) is 8.42 Å². The van der Waals surface area contributed by atoms with Crippen LogP contribution in [-0.2, 0) is 10.1 Å². The van der Waals surface area contributed by atoms with Crippen molar-refractivity contribution in [1.29, 1.82) is 0 Å². The van der Waals surface area contributed by atoms with Crippen molar-refractivity contribution >= 4 is 33.5 Å². The second kappa shape index (κ2) is 3.44. The van der Waals surface area contributed by atoms with E-state index in [0.29, 0.717) is 15.7 Å². The van der Waals surface area contributed by atoms with Gasteiger partial charge in [-0.1, -0.05) is 30.8 Å². The second-order valence-electron chi connectivity index (χ2n) is 3.11. The van der Waals surface area contributed by atoms with Crippen molar-refractivity contribution in [1.82, 2.24) is 0 Å². The molecule has 0 fully saturated rings. The van der Waals surface area contributed by atoms with Crippen LogP contribution in [0.4, 0.5) is 0 Å². The fraction of sp³-hybridized carbons (Fsp3) is 0. The molecule has 15 heavy (non-hydrogen) atoms. The van der Waals surface area contributed by atoms with Crippen molar-refractivity contribution in [3.05, 3.63) is 36.4 Å². The Morgan fingerprint density at radius 3 is 2.53 bits per heavy atom. The van der Waals surface area contributed by atoms with Gasteiger partial charge in [-0.3, -0.25) is 4.55 Å². The summed E-state index contributed by atoms with van der Waals surface area (Å²) < 4.78 is 31.1. The third-order valence-corrected chi connectivity index (χ3v) is 3.26. The summed E-state index contributed by atoms with van der Waals surface area (Å²) in [5.41, 5.74) is 0. The van der Waals surface area contributed by atoms with E-state index in [-0.39, 0.29) is 4.90 Å². The number of fused-ring (bicyclic) bond motifs is 1. The Morgan fingerprint density at radius 1 is 1.13 bits per heavy atom. The molecular formula is C10H7O3S2. The van der Waals surface area contributed by atoms with E-state index in [1.807, 2.05) is 0 Å². The van der Waals surface area contributed by atoms with Crippen LogP contribution in [0.5, 0.6) is 0 Å². The first-order chi connectivity index (χ1) is 6.98. The van der Waals surface area contributed by atoms with Gasteiger partial charge in [0.2, 0.25) is 0 Å². The molecule has 0 aromatic heterocycles. The first-order valence-corrected chi connectivity index (χ1v) is 6.00. The summed E-state index contributed by atoms with van der Waals surface area (Å²) in [4.78, 5) is 0.546. The fourth-order valence-corrected chi connectivity index (χ4v) is 2.37. The van der Waals surface area contributed by atoms with Crippen LogP contribution >= 0.6 is 12.6 Å². The lowest BCUT2D eigenvalue weighted by Gasteiger charge is -2.03. The standard InChI is InChI=1S/C10H7O3S2/c11-15(12,13)10-3-1-2-7-6-8(14)4-5-9(7)10/h1-6H,(H,11,12,13). The van der Waals surface area contributed by atoms with Gasteiger partial charge in [0.1, 0.15) is 4.90 Å². The predicted octanol–water partition coefficient (Wildman–Crippen LogP) is 2.64. The zero-order valence-electron chi connectivity index (χ0n) is 7.54. The van der Waals surface area contributed by atoms with Gasteiger partial charge in [0.15, 0.2) is 0 Å². The average molecular weight is 239 g/mol. The Bertz CT molecular complexity index is 618. The smallest absolute Gasteiger partial charge is 0.282 e. The van der Waals surface area contributed by atoms with Gasteiger partial charge in [-0.05, 0) is 23.6 Å². The Balaban J connectivity index is 2.89. The van der Waals surface area contributed by atoms with Gasteiger partial charge in [0, 0.05) is 10.3 Å². The number of hydrogen-bond donors (Lipinski definition) is 1. The quantitative estimate of drug-likeness (QED) is 0.778. The lowest BCUT2D eigenvalue weighted by atomic mass is 10.1. The summed E-state index contributed by atoms with van der Waals surface area (Å²) in [5, 5.41) is 1.19. The molecule has 0 unspecified atom stereocenters. The van der Waals surface area contributed by atoms with Crippen molar-refractivity contribution < 1.29 is 13.0 Å². The van der Waals surface area contributed by atoms with Crippen LogP contribution in [0.1, 0.15) is 0 Å². The maximum Gasteiger partial charge on any atom is 0.295 e. The normalized spacial score (nSPS) is 11.8. The zero-order chi connectivity index (χ0) is 11.1. The van der Waals surface area contributed by atoms with Crippen LogP contribution in [0.3, 0.4) is 0 Å². The molecule has 2 rings (SSSR count). The third-order valence-electron chi connectivity index (χ3n) is 2.09. The maximum atomic E-state index is 11.1. The van der Waals surface area contributed by atoms with Gasteiger partial charge < -0.3 is 0 Å². The van der Waals surface area contributed by atoms with Crippen molar-refractivity contribution in [2.24, 2.45) is 0 Å². The predicted molar refractivity (Wildman–Crippen MR) is 59.6 cm³/mol. The van der Waals surface area contributed by atoms with E-state index in [0.717, 1.165) is 0 Å². The SMILES string of the molecule is O=S(=O)(O)c1cccc2cc([S])ccc12. The fourth-order valence-electron chi connectivity index (χ4n) is 1.46. The van der Waals surface area contributed by atoms with E-state index >= 15 is 0 Å². The molecule has 2 aromatic carbocycles. The molecule has 2 aromatic rings. The largest absolute Gasteiger partial charge is 0.295 e. The molecule has 0 bridgehead atoms. The van der Waals surface area contributed by atoms with Gasteiger partial charge in [0.05, 0.1) is 0 Å². The highest BCUT2D eigenvalue weighted by Crippen LogP contribution is 2.24. The van der Waals surface area contributed by atoms with E-state index in [1.165, 1.54) is 6.07 Å². The topological polar surface area (TPSA) is 54.4 Å². The molecule has 0 aliphatic heterocycles. The van der Waals surface area contributed by atoms with Crippen LogP contribution in [0, 0.1) is 0 Å². The second-order valence-corrected chi connectivity index (χ2v) is 4.98. The summed E-state index contributed by atoms with van der Waals surface area (Å²) in [6.07, 6.45) is 0. The van der Waals surface area contributed by atoms with Crippen molar-refractivity contribution in [2.75, 3.05) is 0 Å². The van der Waals surface area contributed by atoms with Gasteiger partial charge in [-0.25, -0.2) is 0 Å². The minimum absolute atomic E-state index is 0.0880. The van der Waals surface area contributed by atoms with Crippen LogP contribution < -0.4 is 0 Å². The monoisotopic (exact) mass is 239 g/mol. The van der Waals surface area contributed by atoms with Crippen molar-refractivity contribution in [3.8, 4) is 0 Å². The third kappa shape index (κ3) is 1.94. The minimum Gasteiger partial charge on any atom is -0.282 e. The van der Waals surface area contributed by atoms with E-state index in [4.69, 9.17) is 17.2 Å². The number of hydrogen-bond acceptors (Lipinski definition) is 2. The summed E-state index contributed by atoms with van der Waals surface area (Å²) in [6, 6.07) is 9.60. The summed E-state index contributed by atoms with van der Waals surface area (Å²) in [5.74, 6) is 0. The summed E-state index contributed by atoms with van der Waals surface area (Å²) in [7, 11) is -4.18. The number of benzene rings is 2. The molecule has 0 amide bonds. The molecule has 77 valence electrons. The first-order valence-electron chi connectivity index (χ1n) is 4.16. The van der Waals surface area contributed by atoms with E-state index in [9.17, 15) is 8.42 Å². The zero-order valence-corrected chi connectivity index (χ0v) is 9.18. The van der Waals surface area contributed by atoms with Gasteiger partial charge in [0.25, 0.3) is 10.1 Å². The van der Waals surface area contributed by atoms with Crippen LogP contribution in [-0.4, -0.2) is 13.0 Å². The van der Waals surface area contributed by atoms with E-state index in [1.54, 1.807) is 30.3 Å². The Morgan fingerprint density at radius 2 is 1.87 bits per heavy atom. The first kappa shape index (κ1) is 10.4. The Labute approximate surface area is 92.9 Å². The molecule has 0 saturated heterocycles. The highest BCUT2D eigenvalue weighted by atomic mass is 32.2. The molecule has 1 radical (unpaired) electrons. The molecule has 0 heterocycles. The molecule has 0 spiro atoms. The Hall–Kier alpha value is -1.17. The Kier molecular flexibility index (Phi) is 2.38. The summed E-state index contributed by atoms with van der Waals surface area (Å²) in [6.45, 7) is 0. The summed E-state index contributed by atoms with van der Waals surface area (Å²) >= 11 is 4.96. The highest BCUT2D eigenvalue weighted by molar-refractivity contribution is 7.86. The molecule has 1 N–H and O–H groups in total. The highest BCUT2D eigenvalue weighted by Gasteiger charge is 2.12. The lowest BCUT2D eigenvalue weighted by molar-refractivity contribution is 0.484. The van der Waals surface area contributed by atoms with E-state index < -0.39 is 10.1 Å². The molecule has 3 nitrogen and oxygen atoms in total. The van der Waals surface area contributed by atoms with Crippen LogP contribution in [0.15, 0.2) is 46.2 Å². The van der Waals surface area contributed by atoms with Gasteiger partial charge >= 0.3 is 0 Å². The molecule has 0 aliphatic rings. The molecule has 0 saturated carbocycles. The lowest BCUT2D eigenvalue weighted by Crippen LogP contribution is -1.98. The van der Waals surface area contributed by atoms with Crippen LogP contribution in [0.25, 0.3) is 10.8 Å². The van der Waals surface area contributed by atoms with Gasteiger partial charge in [-0.15, -0.1) is 0 Å². The molecular weight excluding hydrogens is 232 g/mol. The van der Waals surface area contributed by atoms with Crippen molar-refractivity contribution in [3.63, 3.8) is 0 Å². The molecule has 0 aliphatic carbocycles. The average Bonchev–Trinajstić information content (AvgIpc) is 2.15. The van der Waals surface area contributed by atoms with Crippen LogP contribution in [0.2, 0.25) is 0 Å². The van der Waals surface area contributed by atoms with E-state index in [2.05, 4.69) is 0 Å². The molecule has 5 heteroatoms. The van der Waals surface area contributed by atoms with Crippen molar-refractivity contribution in [2.45, 2.75) is 9.79 Å². The molecule has 0 atom stereocenters. The maximum absolute atomic E-state index is 11.1. The minimum atomic E-state index is -4.18.